The van der Waals surface area contributed by atoms with Crippen molar-refractivity contribution in [3.05, 3.63) is 29.3 Å². The van der Waals surface area contributed by atoms with Gasteiger partial charge in [-0.15, -0.1) is 0 Å². The van der Waals surface area contributed by atoms with Gasteiger partial charge < -0.3 is 10.0 Å². The molecule has 1 aromatic rings. The Bertz CT molecular complexity index is 360. The van der Waals surface area contributed by atoms with Gasteiger partial charge in [0.15, 0.2) is 0 Å². The second-order valence-corrected chi connectivity index (χ2v) is 4.56. The van der Waals surface area contributed by atoms with Crippen molar-refractivity contribution < 1.29 is 5.11 Å². The highest BCUT2D eigenvalue weighted by atomic mass is 16.3. The maximum absolute atomic E-state index is 9.81. The molecule has 0 amide bonds. The van der Waals surface area contributed by atoms with E-state index in [1.54, 1.807) is 0 Å². The van der Waals surface area contributed by atoms with E-state index in [1.165, 1.54) is 16.8 Å². The summed E-state index contributed by atoms with van der Waals surface area (Å²) in [5.41, 5.74) is 3.83. The van der Waals surface area contributed by atoms with Crippen LogP contribution in [-0.4, -0.2) is 17.4 Å². The molecule has 2 atom stereocenters. The number of fused-ring (bicyclic) bond motifs is 1. The average molecular weight is 205 g/mol. The molecule has 0 aliphatic carbocycles. The molecule has 1 aliphatic heterocycles. The van der Waals surface area contributed by atoms with E-state index in [0.29, 0.717) is 6.04 Å². The van der Waals surface area contributed by atoms with Crippen molar-refractivity contribution in [1.29, 1.82) is 0 Å². The van der Waals surface area contributed by atoms with E-state index in [0.717, 1.165) is 12.8 Å². The quantitative estimate of drug-likeness (QED) is 0.761. The van der Waals surface area contributed by atoms with Crippen LogP contribution >= 0.6 is 0 Å². The van der Waals surface area contributed by atoms with Crippen LogP contribution in [0.5, 0.6) is 0 Å². The van der Waals surface area contributed by atoms with Crippen LogP contribution in [0, 0.1) is 6.92 Å². The van der Waals surface area contributed by atoms with Crippen LogP contribution in [0.4, 0.5) is 5.69 Å². The molecule has 2 rings (SSSR count). The molecule has 0 fully saturated rings. The number of aliphatic hydroxyl groups is 1. The maximum Gasteiger partial charge on any atom is 0.124 e. The minimum atomic E-state index is -0.402. The SMILES string of the molecule is Cc1ccc2c(c1)N(C(C)O)C(C)CC2. The van der Waals surface area contributed by atoms with E-state index in [4.69, 9.17) is 0 Å². The monoisotopic (exact) mass is 205 g/mol. The van der Waals surface area contributed by atoms with Crippen molar-refractivity contribution in [2.24, 2.45) is 0 Å². The standard InChI is InChI=1S/C13H19NO/c1-9-4-6-12-7-5-10(2)14(11(3)15)13(12)8-9/h4,6,8,10-11,15H,5,7H2,1-3H3. The molecule has 2 unspecified atom stereocenters. The molecular weight excluding hydrogens is 186 g/mol. The lowest BCUT2D eigenvalue weighted by molar-refractivity contribution is 0.174. The molecule has 0 bridgehead atoms. The molecule has 1 aliphatic rings. The summed E-state index contributed by atoms with van der Waals surface area (Å²) in [5, 5.41) is 9.81. The minimum absolute atomic E-state index is 0.402. The van der Waals surface area contributed by atoms with Crippen LogP contribution in [-0.2, 0) is 6.42 Å². The Kier molecular flexibility index (Phi) is 2.70. The predicted octanol–water partition coefficient (Wildman–Crippen LogP) is 2.47. The highest BCUT2D eigenvalue weighted by molar-refractivity contribution is 5.58. The first-order valence-electron chi connectivity index (χ1n) is 5.65. The van der Waals surface area contributed by atoms with E-state index in [1.807, 2.05) is 6.92 Å². The lowest BCUT2D eigenvalue weighted by Gasteiger charge is -2.39. The largest absolute Gasteiger partial charge is 0.374 e. The molecule has 15 heavy (non-hydrogen) atoms. The summed E-state index contributed by atoms with van der Waals surface area (Å²) in [5.74, 6) is 0. The number of nitrogens with zero attached hydrogens (tertiary/aromatic N) is 1. The van der Waals surface area contributed by atoms with Gasteiger partial charge in [-0.05, 0) is 50.8 Å². The molecule has 2 heteroatoms. The van der Waals surface area contributed by atoms with Gasteiger partial charge in [0.05, 0.1) is 0 Å². The van der Waals surface area contributed by atoms with E-state index >= 15 is 0 Å². The smallest absolute Gasteiger partial charge is 0.124 e. The van der Waals surface area contributed by atoms with Gasteiger partial charge >= 0.3 is 0 Å². The molecule has 0 saturated carbocycles. The number of benzene rings is 1. The van der Waals surface area contributed by atoms with Crippen molar-refractivity contribution in [1.82, 2.24) is 0 Å². The van der Waals surface area contributed by atoms with Crippen LogP contribution in [0.2, 0.25) is 0 Å². The summed E-state index contributed by atoms with van der Waals surface area (Å²) in [6.07, 6.45) is 1.85. The number of hydrogen-bond acceptors (Lipinski definition) is 2. The van der Waals surface area contributed by atoms with Gasteiger partial charge in [0.1, 0.15) is 6.23 Å². The highest BCUT2D eigenvalue weighted by Crippen LogP contribution is 2.32. The van der Waals surface area contributed by atoms with Crippen LogP contribution in [0.1, 0.15) is 31.4 Å². The number of anilines is 1. The Hall–Kier alpha value is -1.02. The zero-order chi connectivity index (χ0) is 11.0. The highest BCUT2D eigenvalue weighted by Gasteiger charge is 2.25. The number of aliphatic hydroxyl groups excluding tert-OH is 1. The normalized spacial score (nSPS) is 22.4. The predicted molar refractivity (Wildman–Crippen MR) is 63.1 cm³/mol. The fraction of sp³-hybridized carbons (Fsp3) is 0.538. The first-order valence-corrected chi connectivity index (χ1v) is 5.65. The Balaban J connectivity index is 2.46. The van der Waals surface area contributed by atoms with Crippen molar-refractivity contribution >= 4 is 5.69 Å². The van der Waals surface area contributed by atoms with Crippen molar-refractivity contribution in [3.63, 3.8) is 0 Å². The minimum Gasteiger partial charge on any atom is -0.374 e. The summed E-state index contributed by atoms with van der Waals surface area (Å²) in [7, 11) is 0. The van der Waals surface area contributed by atoms with Crippen LogP contribution in [0.25, 0.3) is 0 Å². The fourth-order valence-corrected chi connectivity index (χ4v) is 2.44. The van der Waals surface area contributed by atoms with Crippen molar-refractivity contribution in [2.75, 3.05) is 4.90 Å². The number of aryl methyl sites for hydroxylation is 2. The van der Waals surface area contributed by atoms with Crippen LogP contribution in [0.3, 0.4) is 0 Å². The summed E-state index contributed by atoms with van der Waals surface area (Å²) >= 11 is 0. The molecule has 0 aromatic heterocycles. The lowest BCUT2D eigenvalue weighted by atomic mass is 9.95. The molecular formula is C13H19NO. The van der Waals surface area contributed by atoms with Gasteiger partial charge in [0, 0.05) is 11.7 Å². The number of rotatable bonds is 1. The first-order chi connectivity index (χ1) is 7.09. The van der Waals surface area contributed by atoms with Gasteiger partial charge in [0.2, 0.25) is 0 Å². The van der Waals surface area contributed by atoms with Gasteiger partial charge in [-0.3, -0.25) is 0 Å². The Morgan fingerprint density at radius 1 is 1.47 bits per heavy atom. The third-order valence-electron chi connectivity index (χ3n) is 3.23. The molecule has 2 nitrogen and oxygen atoms in total. The number of hydrogen-bond donors (Lipinski definition) is 1. The molecule has 1 N–H and O–H groups in total. The Morgan fingerprint density at radius 2 is 2.20 bits per heavy atom. The third kappa shape index (κ3) is 1.86. The molecule has 1 aromatic carbocycles. The van der Waals surface area contributed by atoms with Crippen molar-refractivity contribution in [2.45, 2.75) is 45.9 Å². The first kappa shape index (κ1) is 10.5. The van der Waals surface area contributed by atoms with E-state index < -0.39 is 6.23 Å². The van der Waals surface area contributed by atoms with E-state index in [2.05, 4.69) is 36.9 Å². The van der Waals surface area contributed by atoms with Gasteiger partial charge in [-0.1, -0.05) is 12.1 Å². The van der Waals surface area contributed by atoms with Crippen LogP contribution < -0.4 is 4.90 Å². The molecule has 0 saturated heterocycles. The van der Waals surface area contributed by atoms with Gasteiger partial charge in [-0.2, -0.15) is 0 Å². The van der Waals surface area contributed by atoms with Gasteiger partial charge in [-0.25, -0.2) is 0 Å². The molecule has 0 spiro atoms. The molecule has 0 radical (unpaired) electrons. The average Bonchev–Trinajstić information content (AvgIpc) is 2.16. The Morgan fingerprint density at radius 3 is 2.87 bits per heavy atom. The molecule has 1 heterocycles. The second-order valence-electron chi connectivity index (χ2n) is 4.56. The fourth-order valence-electron chi connectivity index (χ4n) is 2.44. The zero-order valence-electron chi connectivity index (χ0n) is 9.70. The maximum atomic E-state index is 9.81. The van der Waals surface area contributed by atoms with E-state index in [-0.39, 0.29) is 0 Å². The third-order valence-corrected chi connectivity index (χ3v) is 3.23. The topological polar surface area (TPSA) is 23.5 Å². The molecule has 82 valence electrons. The summed E-state index contributed by atoms with van der Waals surface area (Å²) < 4.78 is 0. The lowest BCUT2D eigenvalue weighted by Crippen LogP contribution is -2.43. The van der Waals surface area contributed by atoms with Crippen molar-refractivity contribution in [3.8, 4) is 0 Å². The summed E-state index contributed by atoms with van der Waals surface area (Å²) in [6, 6.07) is 6.94. The second kappa shape index (κ2) is 3.86. The Labute approximate surface area is 91.5 Å². The summed E-state index contributed by atoms with van der Waals surface area (Å²) in [4.78, 5) is 2.12. The van der Waals surface area contributed by atoms with E-state index in [9.17, 15) is 5.11 Å². The van der Waals surface area contributed by atoms with Crippen LogP contribution in [0.15, 0.2) is 18.2 Å². The zero-order valence-corrected chi connectivity index (χ0v) is 9.70. The summed E-state index contributed by atoms with van der Waals surface area (Å²) in [6.45, 7) is 6.12. The van der Waals surface area contributed by atoms with Gasteiger partial charge in [0.25, 0.3) is 0 Å².